The lowest BCUT2D eigenvalue weighted by atomic mass is 10.4. The molecular weight excluding hydrogens is 178 g/mol. The second-order valence-electron chi connectivity index (χ2n) is 2.62. The van der Waals surface area contributed by atoms with Gasteiger partial charge in [0.05, 0.1) is 12.7 Å². The lowest BCUT2D eigenvalue weighted by Crippen LogP contribution is -2.00. The van der Waals surface area contributed by atoms with Crippen LogP contribution >= 0.6 is 0 Å². The summed E-state index contributed by atoms with van der Waals surface area (Å²) in [5.74, 6) is -0.330. The Hall–Kier alpha value is -1.56. The molecule has 3 nitrogen and oxygen atoms in total. The van der Waals surface area contributed by atoms with Crippen LogP contribution < -0.4 is 0 Å². The molecule has 0 radical (unpaired) electrons. The lowest BCUT2D eigenvalue weighted by molar-refractivity contribution is -0.137. The van der Waals surface area contributed by atoms with Crippen molar-refractivity contribution < 1.29 is 9.53 Å². The van der Waals surface area contributed by atoms with Gasteiger partial charge in [-0.1, -0.05) is 26.5 Å². The number of hydrogen-bond acceptors (Lipinski definition) is 3. The number of rotatable bonds is 4. The monoisotopic (exact) mass is 195 g/mol. The van der Waals surface area contributed by atoms with E-state index in [0.717, 1.165) is 12.8 Å². The van der Waals surface area contributed by atoms with Gasteiger partial charge in [0.2, 0.25) is 0 Å². The highest BCUT2D eigenvalue weighted by atomic mass is 16.5. The summed E-state index contributed by atoms with van der Waals surface area (Å²) in [7, 11) is 0. The summed E-state index contributed by atoms with van der Waals surface area (Å²) in [6.07, 6.45) is 3.15. The minimum atomic E-state index is -0.330. The van der Waals surface area contributed by atoms with Gasteiger partial charge in [-0.15, -0.1) is 0 Å². The van der Waals surface area contributed by atoms with E-state index in [1.165, 1.54) is 6.08 Å². The molecule has 0 heterocycles. The minimum absolute atomic E-state index is 0.330. The molecule has 0 N–H and O–H groups in total. The van der Waals surface area contributed by atoms with Crippen LogP contribution in [0.1, 0.15) is 26.7 Å². The maximum atomic E-state index is 10.3. The van der Waals surface area contributed by atoms with Gasteiger partial charge in [-0.2, -0.15) is 5.26 Å². The first-order valence-corrected chi connectivity index (χ1v) is 4.43. The zero-order chi connectivity index (χ0) is 11.4. The van der Waals surface area contributed by atoms with Gasteiger partial charge in [0, 0.05) is 11.6 Å². The average molecular weight is 195 g/mol. The fourth-order valence-corrected chi connectivity index (χ4v) is 0.376. The van der Waals surface area contributed by atoms with Crippen molar-refractivity contribution in [2.45, 2.75) is 26.7 Å². The molecule has 0 aromatic heterocycles. The van der Waals surface area contributed by atoms with Crippen LogP contribution in [0.5, 0.6) is 0 Å². The van der Waals surface area contributed by atoms with Crippen LogP contribution in [0.15, 0.2) is 24.8 Å². The van der Waals surface area contributed by atoms with E-state index >= 15 is 0 Å². The van der Waals surface area contributed by atoms with E-state index in [1.807, 2.05) is 13.0 Å². The SMILES string of the molecule is C=C(C)C#N.C=CC(=O)OCCCC. The quantitative estimate of drug-likeness (QED) is 0.300. The number of carbonyl (C=O) groups is 1. The first-order valence-electron chi connectivity index (χ1n) is 4.43. The van der Waals surface area contributed by atoms with Crippen molar-refractivity contribution in [2.24, 2.45) is 0 Å². The predicted octanol–water partition coefficient (Wildman–Crippen LogP) is 2.60. The van der Waals surface area contributed by atoms with Gasteiger partial charge in [0.1, 0.15) is 0 Å². The molecule has 14 heavy (non-hydrogen) atoms. The molecular formula is C11H17NO2. The van der Waals surface area contributed by atoms with Gasteiger partial charge >= 0.3 is 5.97 Å². The summed E-state index contributed by atoms with van der Waals surface area (Å²) < 4.78 is 4.67. The molecule has 78 valence electrons. The van der Waals surface area contributed by atoms with Crippen molar-refractivity contribution in [3.8, 4) is 6.07 Å². The van der Waals surface area contributed by atoms with Gasteiger partial charge in [-0.3, -0.25) is 0 Å². The van der Waals surface area contributed by atoms with E-state index in [4.69, 9.17) is 5.26 Å². The minimum Gasteiger partial charge on any atom is -0.463 e. The molecule has 0 unspecified atom stereocenters. The molecule has 0 amide bonds. The second kappa shape index (κ2) is 11.4. The van der Waals surface area contributed by atoms with E-state index in [-0.39, 0.29) is 5.97 Å². The molecule has 0 rings (SSSR count). The number of carbonyl (C=O) groups excluding carboxylic acids is 1. The fourth-order valence-electron chi connectivity index (χ4n) is 0.376. The maximum Gasteiger partial charge on any atom is 0.330 e. The Morgan fingerprint density at radius 3 is 2.43 bits per heavy atom. The summed E-state index contributed by atoms with van der Waals surface area (Å²) in [5.41, 5.74) is 0.560. The Labute approximate surface area is 85.7 Å². The largest absolute Gasteiger partial charge is 0.463 e. The number of nitriles is 1. The summed E-state index contributed by atoms with van der Waals surface area (Å²) in [5, 5.41) is 7.79. The Morgan fingerprint density at radius 1 is 1.64 bits per heavy atom. The zero-order valence-electron chi connectivity index (χ0n) is 8.88. The molecule has 0 saturated heterocycles. The molecule has 0 aromatic rings. The molecule has 0 bridgehead atoms. The van der Waals surface area contributed by atoms with E-state index in [0.29, 0.717) is 12.2 Å². The van der Waals surface area contributed by atoms with Crippen LogP contribution in [0, 0.1) is 11.3 Å². The highest BCUT2D eigenvalue weighted by Gasteiger charge is 1.91. The number of esters is 1. The first kappa shape index (κ1) is 14.9. The number of ether oxygens (including phenoxy) is 1. The predicted molar refractivity (Wildman–Crippen MR) is 56.5 cm³/mol. The van der Waals surface area contributed by atoms with E-state index in [2.05, 4.69) is 17.9 Å². The molecule has 0 fully saturated rings. The highest BCUT2D eigenvalue weighted by Crippen LogP contribution is 1.88. The van der Waals surface area contributed by atoms with Crippen LogP contribution in [-0.4, -0.2) is 12.6 Å². The number of hydrogen-bond donors (Lipinski definition) is 0. The molecule has 0 aliphatic heterocycles. The van der Waals surface area contributed by atoms with Gasteiger partial charge in [0.15, 0.2) is 0 Å². The first-order chi connectivity index (χ1) is 6.58. The van der Waals surface area contributed by atoms with Crippen LogP contribution in [0.2, 0.25) is 0 Å². The fraction of sp³-hybridized carbons (Fsp3) is 0.455. The van der Waals surface area contributed by atoms with Crippen molar-refractivity contribution in [1.82, 2.24) is 0 Å². The summed E-state index contributed by atoms with van der Waals surface area (Å²) in [6, 6.07) is 1.83. The van der Waals surface area contributed by atoms with Crippen molar-refractivity contribution in [2.75, 3.05) is 6.61 Å². The Balaban J connectivity index is 0. The Bertz CT molecular complexity index is 226. The molecule has 0 aliphatic carbocycles. The molecule has 0 saturated carbocycles. The molecule has 0 spiro atoms. The third-order valence-electron chi connectivity index (χ3n) is 1.10. The van der Waals surface area contributed by atoms with Crippen molar-refractivity contribution in [1.29, 1.82) is 5.26 Å². The van der Waals surface area contributed by atoms with Gasteiger partial charge in [-0.25, -0.2) is 4.79 Å². The van der Waals surface area contributed by atoms with Crippen LogP contribution in [0.3, 0.4) is 0 Å². The van der Waals surface area contributed by atoms with Crippen molar-refractivity contribution >= 4 is 5.97 Å². The molecule has 0 atom stereocenters. The molecule has 3 heteroatoms. The average Bonchev–Trinajstić information content (AvgIpc) is 2.19. The topological polar surface area (TPSA) is 50.1 Å². The van der Waals surface area contributed by atoms with Crippen LogP contribution in [0.4, 0.5) is 0 Å². The van der Waals surface area contributed by atoms with Crippen LogP contribution in [-0.2, 0) is 9.53 Å². The lowest BCUT2D eigenvalue weighted by Gasteiger charge is -1.97. The Kier molecular flexibility index (Phi) is 12.2. The smallest absolute Gasteiger partial charge is 0.330 e. The van der Waals surface area contributed by atoms with Crippen molar-refractivity contribution in [3.05, 3.63) is 24.8 Å². The van der Waals surface area contributed by atoms with Gasteiger partial charge in [0.25, 0.3) is 0 Å². The number of unbranched alkanes of at least 4 members (excludes halogenated alkanes) is 1. The summed E-state index contributed by atoms with van der Waals surface area (Å²) >= 11 is 0. The third kappa shape index (κ3) is 16.8. The third-order valence-corrected chi connectivity index (χ3v) is 1.10. The second-order valence-corrected chi connectivity index (χ2v) is 2.62. The molecule has 0 aromatic carbocycles. The summed E-state index contributed by atoms with van der Waals surface area (Å²) in [6.45, 7) is 10.8. The Morgan fingerprint density at radius 2 is 2.14 bits per heavy atom. The summed E-state index contributed by atoms with van der Waals surface area (Å²) in [4.78, 5) is 10.3. The van der Waals surface area contributed by atoms with E-state index in [1.54, 1.807) is 6.92 Å². The van der Waals surface area contributed by atoms with Gasteiger partial charge in [-0.05, 0) is 13.3 Å². The van der Waals surface area contributed by atoms with Crippen molar-refractivity contribution in [3.63, 3.8) is 0 Å². The standard InChI is InChI=1S/C7H12O2.C4H5N/c1-3-5-6-9-7(8)4-2;1-4(2)3-5/h4H,2-3,5-6H2,1H3;1H2,2H3. The van der Waals surface area contributed by atoms with Crippen LogP contribution in [0.25, 0.3) is 0 Å². The van der Waals surface area contributed by atoms with E-state index < -0.39 is 0 Å². The van der Waals surface area contributed by atoms with Gasteiger partial charge < -0.3 is 4.74 Å². The highest BCUT2D eigenvalue weighted by molar-refractivity contribution is 5.81. The number of allylic oxidation sites excluding steroid dienone is 1. The number of nitrogens with zero attached hydrogens (tertiary/aromatic N) is 1. The maximum absolute atomic E-state index is 10.3. The zero-order valence-corrected chi connectivity index (χ0v) is 8.88. The molecule has 0 aliphatic rings. The van der Waals surface area contributed by atoms with E-state index in [9.17, 15) is 4.79 Å². The normalized spacial score (nSPS) is 7.50.